The van der Waals surface area contributed by atoms with Crippen molar-refractivity contribution in [2.24, 2.45) is 5.92 Å². The average Bonchev–Trinajstić information content (AvgIpc) is 2.93. The van der Waals surface area contributed by atoms with Crippen LogP contribution in [-0.2, 0) is 15.8 Å². The van der Waals surface area contributed by atoms with Crippen molar-refractivity contribution < 1.29 is 14.6 Å². The third-order valence-corrected chi connectivity index (χ3v) is 7.91. The molecule has 1 heterocycles. The van der Waals surface area contributed by atoms with Gasteiger partial charge in [-0.2, -0.15) is 0 Å². The first kappa shape index (κ1) is 28.1. The number of ether oxygens (including phenoxy) is 1. The molecule has 4 nitrogen and oxygen atoms in total. The van der Waals surface area contributed by atoms with Crippen molar-refractivity contribution in [1.29, 1.82) is 0 Å². The molecule has 1 fully saturated rings. The van der Waals surface area contributed by atoms with Gasteiger partial charge in [0.2, 0.25) is 0 Å². The highest BCUT2D eigenvalue weighted by molar-refractivity contribution is 5.72. The summed E-state index contributed by atoms with van der Waals surface area (Å²) in [5, 5.41) is 12.1. The van der Waals surface area contributed by atoms with Gasteiger partial charge in [0.05, 0.1) is 0 Å². The second-order valence-electron chi connectivity index (χ2n) is 11.7. The van der Waals surface area contributed by atoms with Crippen LogP contribution in [0.1, 0.15) is 76.0 Å². The maximum atomic E-state index is 12.3. The van der Waals surface area contributed by atoms with Crippen molar-refractivity contribution in [3.05, 3.63) is 102 Å². The molecule has 0 aromatic heterocycles. The van der Waals surface area contributed by atoms with E-state index in [2.05, 4.69) is 25.7 Å². The average molecular weight is 514 g/mol. The van der Waals surface area contributed by atoms with Gasteiger partial charge in [-0.3, -0.25) is 4.79 Å². The molecule has 0 radical (unpaired) electrons. The Hall–Kier alpha value is -2.95. The lowest BCUT2D eigenvalue weighted by Gasteiger charge is -2.42. The minimum atomic E-state index is -0.970. The van der Waals surface area contributed by atoms with Gasteiger partial charge < -0.3 is 14.7 Å². The van der Waals surface area contributed by atoms with E-state index in [0.29, 0.717) is 12.2 Å². The fraction of sp³-hybridized carbons (Fsp3) is 0.441. The Labute approximate surface area is 228 Å². The van der Waals surface area contributed by atoms with Gasteiger partial charge in [0, 0.05) is 6.42 Å². The number of esters is 1. The molecule has 4 rings (SSSR count). The van der Waals surface area contributed by atoms with Gasteiger partial charge in [0.25, 0.3) is 0 Å². The Bertz CT molecular complexity index is 1090. The molecular formula is C34H43NO3. The first-order valence-electron chi connectivity index (χ1n) is 14.1. The molecule has 0 atom stereocenters. The molecule has 0 amide bonds. The Balaban J connectivity index is 1.19. The van der Waals surface area contributed by atoms with Crippen LogP contribution in [0.25, 0.3) is 0 Å². The minimum Gasteiger partial charge on any atom is -0.427 e. The number of carbonyl (C=O) groups excluding carboxylic acids is 1. The summed E-state index contributed by atoms with van der Waals surface area (Å²) < 4.78 is 5.52. The van der Waals surface area contributed by atoms with Crippen molar-refractivity contribution in [2.75, 3.05) is 19.6 Å². The molecule has 3 aromatic rings. The summed E-state index contributed by atoms with van der Waals surface area (Å²) in [7, 11) is 0. The van der Waals surface area contributed by atoms with E-state index in [9.17, 15) is 9.90 Å². The van der Waals surface area contributed by atoms with Crippen LogP contribution >= 0.6 is 0 Å². The molecule has 0 bridgehead atoms. The Morgan fingerprint density at radius 3 is 1.87 bits per heavy atom. The first-order valence-corrected chi connectivity index (χ1v) is 14.1. The van der Waals surface area contributed by atoms with Crippen LogP contribution in [-0.4, -0.2) is 35.6 Å². The van der Waals surface area contributed by atoms with E-state index in [4.69, 9.17) is 4.74 Å². The molecule has 0 unspecified atom stereocenters. The predicted molar refractivity (Wildman–Crippen MR) is 154 cm³/mol. The van der Waals surface area contributed by atoms with Gasteiger partial charge in [-0.15, -0.1) is 0 Å². The van der Waals surface area contributed by atoms with Crippen molar-refractivity contribution in [2.45, 2.75) is 70.3 Å². The number of hydrogen-bond donors (Lipinski definition) is 1. The molecule has 202 valence electrons. The van der Waals surface area contributed by atoms with Gasteiger partial charge in [-0.05, 0) is 85.5 Å². The smallest absolute Gasteiger partial charge is 0.311 e. The molecule has 3 aromatic carbocycles. The van der Waals surface area contributed by atoms with Crippen LogP contribution in [0.5, 0.6) is 5.75 Å². The zero-order chi connectivity index (χ0) is 27.0. The zero-order valence-electron chi connectivity index (χ0n) is 23.2. The number of aliphatic hydroxyl groups is 1. The standard InChI is InChI=1S/C34H43NO3/c1-33(2,3)27-18-20-31(21-19-27)38-32(36)17-11-6-12-24-35-25-22-30(23-26-35)34(37,28-13-7-4-8-14-28)29-15-9-5-10-16-29/h4-5,7-10,13-16,18-21,30,37H,6,11-12,17,22-26H2,1-3H3. The summed E-state index contributed by atoms with van der Waals surface area (Å²) in [5.74, 6) is 0.642. The number of carbonyl (C=O) groups is 1. The summed E-state index contributed by atoms with van der Waals surface area (Å²) in [5.41, 5.74) is 2.29. The quantitative estimate of drug-likeness (QED) is 0.178. The van der Waals surface area contributed by atoms with E-state index in [-0.39, 0.29) is 17.3 Å². The number of unbranched alkanes of at least 4 members (excludes halogenated alkanes) is 2. The summed E-state index contributed by atoms with van der Waals surface area (Å²) in [6.45, 7) is 9.52. The molecule has 0 saturated carbocycles. The number of benzene rings is 3. The number of rotatable bonds is 10. The Morgan fingerprint density at radius 1 is 0.789 bits per heavy atom. The first-order chi connectivity index (χ1) is 18.3. The summed E-state index contributed by atoms with van der Waals surface area (Å²) >= 11 is 0. The van der Waals surface area contributed by atoms with Crippen molar-refractivity contribution in [3.8, 4) is 5.75 Å². The normalized spacial score (nSPS) is 15.4. The highest BCUT2D eigenvalue weighted by atomic mass is 16.5. The van der Waals surface area contributed by atoms with Crippen molar-refractivity contribution in [3.63, 3.8) is 0 Å². The lowest BCUT2D eigenvalue weighted by atomic mass is 9.72. The maximum absolute atomic E-state index is 12.3. The fourth-order valence-corrected chi connectivity index (χ4v) is 5.58. The van der Waals surface area contributed by atoms with Crippen LogP contribution in [0.15, 0.2) is 84.9 Å². The highest BCUT2D eigenvalue weighted by Gasteiger charge is 2.41. The number of hydrogen-bond acceptors (Lipinski definition) is 4. The molecule has 0 spiro atoms. The second kappa shape index (κ2) is 12.7. The molecule has 1 aliphatic heterocycles. The third-order valence-electron chi connectivity index (χ3n) is 7.91. The van der Waals surface area contributed by atoms with Crippen molar-refractivity contribution in [1.82, 2.24) is 4.90 Å². The fourth-order valence-electron chi connectivity index (χ4n) is 5.58. The van der Waals surface area contributed by atoms with E-state index in [1.165, 1.54) is 5.56 Å². The number of nitrogens with zero attached hydrogens (tertiary/aromatic N) is 1. The lowest BCUT2D eigenvalue weighted by Crippen LogP contribution is -2.44. The largest absolute Gasteiger partial charge is 0.427 e. The van der Waals surface area contributed by atoms with E-state index in [0.717, 1.165) is 62.9 Å². The van der Waals surface area contributed by atoms with Crippen molar-refractivity contribution >= 4 is 5.97 Å². The van der Waals surface area contributed by atoms with Gasteiger partial charge >= 0.3 is 5.97 Å². The van der Waals surface area contributed by atoms with Crippen LogP contribution in [0, 0.1) is 5.92 Å². The predicted octanol–water partition coefficient (Wildman–Crippen LogP) is 7.10. The molecule has 1 aliphatic rings. The molecule has 38 heavy (non-hydrogen) atoms. The van der Waals surface area contributed by atoms with Crippen LogP contribution in [0.4, 0.5) is 0 Å². The zero-order valence-corrected chi connectivity index (χ0v) is 23.2. The van der Waals surface area contributed by atoms with Crippen LogP contribution in [0.3, 0.4) is 0 Å². The molecule has 1 N–H and O–H groups in total. The van der Waals surface area contributed by atoms with E-state index >= 15 is 0 Å². The maximum Gasteiger partial charge on any atom is 0.311 e. The highest BCUT2D eigenvalue weighted by Crippen LogP contribution is 2.41. The van der Waals surface area contributed by atoms with Crippen LogP contribution in [0.2, 0.25) is 0 Å². The van der Waals surface area contributed by atoms with E-state index in [1.807, 2.05) is 84.9 Å². The molecule has 0 aliphatic carbocycles. The Kier molecular flexibility index (Phi) is 9.40. The molecular weight excluding hydrogens is 470 g/mol. The van der Waals surface area contributed by atoms with Gasteiger partial charge in [-0.1, -0.05) is 100.0 Å². The molecule has 1 saturated heterocycles. The minimum absolute atomic E-state index is 0.0861. The van der Waals surface area contributed by atoms with E-state index in [1.54, 1.807) is 0 Å². The summed E-state index contributed by atoms with van der Waals surface area (Å²) in [6.07, 6.45) is 5.29. The SMILES string of the molecule is CC(C)(C)c1ccc(OC(=O)CCCCCN2CCC(C(O)(c3ccccc3)c3ccccc3)CC2)cc1. The summed E-state index contributed by atoms with van der Waals surface area (Å²) in [6, 6.07) is 28.1. The second-order valence-corrected chi connectivity index (χ2v) is 11.7. The lowest BCUT2D eigenvalue weighted by molar-refractivity contribution is -0.134. The van der Waals surface area contributed by atoms with Gasteiger partial charge in [0.15, 0.2) is 0 Å². The van der Waals surface area contributed by atoms with Crippen LogP contribution < -0.4 is 4.74 Å². The number of piperidine rings is 1. The monoisotopic (exact) mass is 513 g/mol. The topological polar surface area (TPSA) is 49.8 Å². The molecule has 4 heteroatoms. The number of likely N-dealkylation sites (tertiary alicyclic amines) is 1. The van der Waals surface area contributed by atoms with Gasteiger partial charge in [-0.25, -0.2) is 0 Å². The van der Waals surface area contributed by atoms with E-state index < -0.39 is 5.60 Å². The summed E-state index contributed by atoms with van der Waals surface area (Å²) in [4.78, 5) is 14.8. The Morgan fingerprint density at radius 2 is 1.34 bits per heavy atom. The third kappa shape index (κ3) is 7.12. The van der Waals surface area contributed by atoms with Gasteiger partial charge in [0.1, 0.15) is 11.4 Å².